The predicted molar refractivity (Wildman–Crippen MR) is 54.6 cm³/mol. The van der Waals surface area contributed by atoms with Crippen molar-refractivity contribution >= 4 is 18.5 Å². The van der Waals surface area contributed by atoms with Crippen LogP contribution in [0.1, 0.15) is 10.4 Å². The number of hydrogen-bond donors (Lipinski definition) is 3. The van der Waals surface area contributed by atoms with Crippen LogP contribution in [0.5, 0.6) is 0 Å². The van der Waals surface area contributed by atoms with Crippen molar-refractivity contribution in [3.05, 3.63) is 29.8 Å². The van der Waals surface area contributed by atoms with Gasteiger partial charge in [0.2, 0.25) is 0 Å². The molecule has 1 aromatic rings. The Balaban J connectivity index is 2.72. The molecule has 16 heavy (non-hydrogen) atoms. The fourth-order valence-electron chi connectivity index (χ4n) is 1.11. The van der Waals surface area contributed by atoms with Gasteiger partial charge in [0.05, 0.1) is 6.54 Å². The molecule has 0 aliphatic carbocycles. The number of carbonyl (C=O) groups excluding carboxylic acids is 1. The Bertz CT molecular complexity index is 374. The van der Waals surface area contributed by atoms with E-state index in [1.165, 1.54) is 24.3 Å². The largest absolute Gasteiger partial charge is 0.488 e. The number of rotatable bonds is 4. The van der Waals surface area contributed by atoms with Crippen LogP contribution >= 0.6 is 0 Å². The molecule has 1 aromatic carbocycles. The van der Waals surface area contributed by atoms with Gasteiger partial charge in [-0.2, -0.15) is 0 Å². The van der Waals surface area contributed by atoms with Gasteiger partial charge >= 0.3 is 7.12 Å². The summed E-state index contributed by atoms with van der Waals surface area (Å²) in [4.78, 5) is 11.3. The molecule has 0 heterocycles. The molecule has 0 fully saturated rings. The smallest absolute Gasteiger partial charge is 0.423 e. The van der Waals surface area contributed by atoms with Crippen molar-refractivity contribution in [2.75, 3.05) is 6.54 Å². The van der Waals surface area contributed by atoms with E-state index in [0.717, 1.165) is 0 Å². The second kappa shape index (κ2) is 5.57. The van der Waals surface area contributed by atoms with Gasteiger partial charge in [0, 0.05) is 5.56 Å². The number of amides is 1. The molecule has 3 N–H and O–H groups in total. The first-order valence-corrected chi connectivity index (χ1v) is 4.53. The van der Waals surface area contributed by atoms with Crippen LogP contribution < -0.4 is 10.8 Å². The summed E-state index contributed by atoms with van der Waals surface area (Å²) >= 11 is 0. The molecular weight excluding hydrogens is 219 g/mol. The van der Waals surface area contributed by atoms with E-state index < -0.39 is 26.0 Å². The third-order valence-corrected chi connectivity index (χ3v) is 1.86. The first-order valence-electron chi connectivity index (χ1n) is 4.53. The molecule has 0 saturated heterocycles. The van der Waals surface area contributed by atoms with Crippen LogP contribution in [-0.2, 0) is 0 Å². The summed E-state index contributed by atoms with van der Waals surface area (Å²) in [6, 6.07) is 5.47. The molecule has 0 aliphatic heterocycles. The Kier molecular flexibility index (Phi) is 4.39. The highest BCUT2D eigenvalue weighted by Crippen LogP contribution is 1.98. The lowest BCUT2D eigenvalue weighted by Crippen LogP contribution is -2.33. The number of alkyl halides is 2. The fraction of sp³-hybridized carbons (Fsp3) is 0.222. The van der Waals surface area contributed by atoms with Crippen LogP contribution in [-0.4, -0.2) is 36.0 Å². The molecule has 0 atom stereocenters. The Hall–Kier alpha value is -1.47. The van der Waals surface area contributed by atoms with E-state index >= 15 is 0 Å². The van der Waals surface area contributed by atoms with Gasteiger partial charge in [-0.05, 0) is 17.6 Å². The molecule has 0 radical (unpaired) electrons. The van der Waals surface area contributed by atoms with E-state index in [9.17, 15) is 13.6 Å². The number of hydrogen-bond acceptors (Lipinski definition) is 3. The maximum Gasteiger partial charge on any atom is 0.488 e. The maximum atomic E-state index is 11.8. The molecule has 0 saturated carbocycles. The van der Waals surface area contributed by atoms with E-state index in [4.69, 9.17) is 10.0 Å². The van der Waals surface area contributed by atoms with Crippen molar-refractivity contribution in [1.82, 2.24) is 5.32 Å². The molecule has 0 aliphatic rings. The lowest BCUT2D eigenvalue weighted by Gasteiger charge is -2.06. The molecule has 0 aromatic heterocycles. The normalized spacial score (nSPS) is 10.3. The quantitative estimate of drug-likeness (QED) is 0.601. The Labute approximate surface area is 91.0 Å². The van der Waals surface area contributed by atoms with Crippen molar-refractivity contribution < 1.29 is 23.6 Å². The molecule has 4 nitrogen and oxygen atoms in total. The summed E-state index contributed by atoms with van der Waals surface area (Å²) in [7, 11) is -1.69. The summed E-state index contributed by atoms with van der Waals surface area (Å²) in [6.45, 7) is -0.731. The van der Waals surface area contributed by atoms with Crippen LogP contribution in [0.25, 0.3) is 0 Å². The monoisotopic (exact) mass is 229 g/mol. The molecule has 7 heteroatoms. The van der Waals surface area contributed by atoms with Crippen molar-refractivity contribution in [2.45, 2.75) is 6.43 Å². The highest BCUT2D eigenvalue weighted by molar-refractivity contribution is 6.58. The molecule has 0 bridgehead atoms. The summed E-state index contributed by atoms with van der Waals surface area (Å²) in [5.74, 6) is -0.678. The topological polar surface area (TPSA) is 69.6 Å². The van der Waals surface area contributed by atoms with Gasteiger partial charge in [-0.25, -0.2) is 8.78 Å². The molecule has 86 valence electrons. The first-order chi connectivity index (χ1) is 7.50. The van der Waals surface area contributed by atoms with Crippen LogP contribution in [0, 0.1) is 0 Å². The van der Waals surface area contributed by atoms with E-state index in [-0.39, 0.29) is 11.0 Å². The zero-order valence-corrected chi connectivity index (χ0v) is 8.23. The van der Waals surface area contributed by atoms with Crippen molar-refractivity contribution in [3.8, 4) is 0 Å². The van der Waals surface area contributed by atoms with E-state index in [0.29, 0.717) is 0 Å². The zero-order valence-electron chi connectivity index (χ0n) is 8.23. The van der Waals surface area contributed by atoms with E-state index in [1.807, 2.05) is 5.32 Å². The Morgan fingerprint density at radius 1 is 1.44 bits per heavy atom. The SMILES string of the molecule is O=C(NCC(F)F)c1cccc(B(O)O)c1. The second-order valence-electron chi connectivity index (χ2n) is 3.10. The maximum absolute atomic E-state index is 11.8. The fourth-order valence-corrected chi connectivity index (χ4v) is 1.11. The minimum absolute atomic E-state index is 0.103. The van der Waals surface area contributed by atoms with Crippen LogP contribution in [0.2, 0.25) is 0 Å². The Morgan fingerprint density at radius 2 is 2.12 bits per heavy atom. The van der Waals surface area contributed by atoms with E-state index in [2.05, 4.69) is 0 Å². The number of carbonyl (C=O) groups is 1. The van der Waals surface area contributed by atoms with Gasteiger partial charge in [-0.3, -0.25) is 4.79 Å². The van der Waals surface area contributed by atoms with Gasteiger partial charge in [-0.1, -0.05) is 12.1 Å². The molecule has 1 amide bonds. The van der Waals surface area contributed by atoms with Gasteiger partial charge < -0.3 is 15.4 Å². The molecule has 0 spiro atoms. The van der Waals surface area contributed by atoms with Gasteiger partial charge in [-0.15, -0.1) is 0 Å². The van der Waals surface area contributed by atoms with E-state index in [1.54, 1.807) is 0 Å². The van der Waals surface area contributed by atoms with Gasteiger partial charge in [0.15, 0.2) is 0 Å². The summed E-state index contributed by atoms with van der Waals surface area (Å²) in [5, 5.41) is 19.7. The minimum Gasteiger partial charge on any atom is -0.423 e. The lowest BCUT2D eigenvalue weighted by atomic mass is 9.79. The predicted octanol–water partition coefficient (Wildman–Crippen LogP) is -0.639. The standard InChI is InChI=1S/C9H10BF2NO3/c11-8(12)5-13-9(14)6-2-1-3-7(4-6)10(15)16/h1-4,8,15-16H,5H2,(H,13,14). The number of nitrogens with one attached hydrogen (secondary N) is 1. The third-order valence-electron chi connectivity index (χ3n) is 1.86. The highest BCUT2D eigenvalue weighted by Gasteiger charge is 2.14. The average Bonchev–Trinajstić information content (AvgIpc) is 2.26. The number of benzene rings is 1. The lowest BCUT2D eigenvalue weighted by molar-refractivity contribution is 0.0892. The summed E-state index contributed by atoms with van der Waals surface area (Å²) in [5.41, 5.74) is 0.232. The van der Waals surface area contributed by atoms with Crippen LogP contribution in [0.3, 0.4) is 0 Å². The third kappa shape index (κ3) is 3.60. The second-order valence-corrected chi connectivity index (χ2v) is 3.10. The van der Waals surface area contributed by atoms with Crippen molar-refractivity contribution in [3.63, 3.8) is 0 Å². The van der Waals surface area contributed by atoms with Crippen molar-refractivity contribution in [2.24, 2.45) is 0 Å². The van der Waals surface area contributed by atoms with Gasteiger partial charge in [0.25, 0.3) is 12.3 Å². The van der Waals surface area contributed by atoms with Crippen molar-refractivity contribution in [1.29, 1.82) is 0 Å². The van der Waals surface area contributed by atoms with Gasteiger partial charge in [0.1, 0.15) is 0 Å². The summed E-state index contributed by atoms with van der Waals surface area (Å²) < 4.78 is 23.6. The molecule has 0 unspecified atom stereocenters. The zero-order chi connectivity index (χ0) is 12.1. The molecule has 1 rings (SSSR count). The summed E-state index contributed by atoms with van der Waals surface area (Å²) in [6.07, 6.45) is -2.62. The number of halogens is 2. The molecular formula is C9H10BF2NO3. The van der Waals surface area contributed by atoms with Crippen LogP contribution in [0.15, 0.2) is 24.3 Å². The first kappa shape index (κ1) is 12.6. The average molecular weight is 229 g/mol. The van der Waals surface area contributed by atoms with Crippen LogP contribution in [0.4, 0.5) is 8.78 Å². The highest BCUT2D eigenvalue weighted by atomic mass is 19.3. The minimum atomic E-state index is -2.62. The Morgan fingerprint density at radius 3 is 2.69 bits per heavy atom.